The van der Waals surface area contributed by atoms with E-state index in [9.17, 15) is 4.79 Å². The minimum atomic E-state index is -0.121. The highest BCUT2D eigenvalue weighted by Gasteiger charge is 2.07. The topological polar surface area (TPSA) is 60.9 Å². The van der Waals surface area contributed by atoms with Crippen molar-refractivity contribution in [3.05, 3.63) is 36.3 Å². The van der Waals surface area contributed by atoms with E-state index in [1.165, 1.54) is 13.1 Å². The molecule has 0 atom stereocenters. The highest BCUT2D eigenvalue weighted by Crippen LogP contribution is 2.05. The molecule has 0 spiro atoms. The summed E-state index contributed by atoms with van der Waals surface area (Å²) in [6.07, 6.45) is 4.91. The highest BCUT2D eigenvalue weighted by molar-refractivity contribution is 5.90. The summed E-state index contributed by atoms with van der Waals surface area (Å²) in [7, 11) is 0. The Bertz CT molecular complexity index is 431. The zero-order valence-electron chi connectivity index (χ0n) is 7.67. The third-order valence-corrected chi connectivity index (χ3v) is 1.76. The Morgan fingerprint density at radius 3 is 3.07 bits per heavy atom. The monoisotopic (exact) mass is 191 g/mol. The van der Waals surface area contributed by atoms with Gasteiger partial charge in [-0.05, 0) is 6.07 Å². The molecule has 0 saturated heterocycles. The van der Waals surface area contributed by atoms with E-state index in [1.54, 1.807) is 17.1 Å². The lowest BCUT2D eigenvalue weighted by Gasteiger charge is -1.94. The summed E-state index contributed by atoms with van der Waals surface area (Å²) in [5.41, 5.74) is 0. The van der Waals surface area contributed by atoms with Crippen LogP contribution in [0.4, 0.5) is 0 Å². The largest absolute Gasteiger partial charge is 0.436 e. The van der Waals surface area contributed by atoms with Crippen molar-refractivity contribution in [1.29, 1.82) is 0 Å². The van der Waals surface area contributed by atoms with Crippen LogP contribution in [-0.2, 0) is 6.54 Å². The zero-order chi connectivity index (χ0) is 9.97. The molecule has 5 heteroatoms. The lowest BCUT2D eigenvalue weighted by molar-refractivity contribution is 0.0985. The minimum Gasteiger partial charge on any atom is -0.436 e. The summed E-state index contributed by atoms with van der Waals surface area (Å²) in [5, 5.41) is 4.00. The van der Waals surface area contributed by atoms with E-state index in [2.05, 4.69) is 10.1 Å². The van der Waals surface area contributed by atoms with E-state index >= 15 is 0 Å². The van der Waals surface area contributed by atoms with E-state index in [0.717, 1.165) is 0 Å². The molecular weight excluding hydrogens is 182 g/mol. The molecule has 0 N–H and O–H groups in total. The summed E-state index contributed by atoms with van der Waals surface area (Å²) in [5.74, 6) is 0.648. The van der Waals surface area contributed by atoms with Gasteiger partial charge in [0.25, 0.3) is 0 Å². The van der Waals surface area contributed by atoms with Crippen molar-refractivity contribution >= 4 is 5.78 Å². The van der Waals surface area contributed by atoms with Gasteiger partial charge in [-0.1, -0.05) is 0 Å². The molecule has 0 unspecified atom stereocenters. The molecule has 2 aromatic heterocycles. The van der Waals surface area contributed by atoms with Crippen LogP contribution in [0.25, 0.3) is 0 Å². The van der Waals surface area contributed by atoms with Crippen LogP contribution in [0.1, 0.15) is 23.4 Å². The molecule has 2 heterocycles. The van der Waals surface area contributed by atoms with Crippen LogP contribution >= 0.6 is 0 Å². The van der Waals surface area contributed by atoms with Gasteiger partial charge in [-0.3, -0.25) is 9.48 Å². The van der Waals surface area contributed by atoms with E-state index in [-0.39, 0.29) is 11.5 Å². The van der Waals surface area contributed by atoms with Gasteiger partial charge < -0.3 is 4.42 Å². The molecule has 0 aliphatic heterocycles. The molecule has 0 saturated carbocycles. The maximum atomic E-state index is 10.9. The minimum absolute atomic E-state index is 0.121. The lowest BCUT2D eigenvalue weighted by atomic mass is 10.4. The van der Waals surface area contributed by atoms with Gasteiger partial charge in [-0.25, -0.2) is 4.98 Å². The average molecular weight is 191 g/mol. The molecule has 72 valence electrons. The van der Waals surface area contributed by atoms with Crippen molar-refractivity contribution in [2.45, 2.75) is 13.5 Å². The van der Waals surface area contributed by atoms with Crippen LogP contribution in [0, 0.1) is 0 Å². The molecule has 0 aliphatic carbocycles. The third kappa shape index (κ3) is 1.71. The number of oxazole rings is 1. The first-order valence-electron chi connectivity index (χ1n) is 4.19. The maximum absolute atomic E-state index is 10.9. The number of rotatable bonds is 3. The van der Waals surface area contributed by atoms with Crippen molar-refractivity contribution in [1.82, 2.24) is 14.8 Å². The number of carbonyl (C=O) groups is 1. The molecule has 0 bridgehead atoms. The fourth-order valence-electron chi connectivity index (χ4n) is 1.08. The number of aromatic nitrogens is 3. The molecule has 14 heavy (non-hydrogen) atoms. The fraction of sp³-hybridized carbons (Fsp3) is 0.222. The van der Waals surface area contributed by atoms with E-state index in [1.807, 2.05) is 6.07 Å². The van der Waals surface area contributed by atoms with Gasteiger partial charge in [0, 0.05) is 19.3 Å². The van der Waals surface area contributed by atoms with E-state index in [4.69, 9.17) is 4.42 Å². The Morgan fingerprint density at radius 1 is 1.64 bits per heavy atom. The number of nitrogens with zero attached hydrogens (tertiary/aromatic N) is 3. The Labute approximate surface area is 80.4 Å². The van der Waals surface area contributed by atoms with Crippen molar-refractivity contribution in [3.63, 3.8) is 0 Å². The zero-order valence-corrected chi connectivity index (χ0v) is 7.67. The second-order valence-corrected chi connectivity index (χ2v) is 2.88. The van der Waals surface area contributed by atoms with Crippen LogP contribution in [0.15, 0.2) is 29.1 Å². The standard InChI is InChI=1S/C9H9N3O2/c1-7(13)8-5-10-9(14-8)6-12-4-2-3-11-12/h2-5H,6H2,1H3. The van der Waals surface area contributed by atoms with Gasteiger partial charge in [0.05, 0.1) is 6.20 Å². The lowest BCUT2D eigenvalue weighted by Crippen LogP contribution is -1.99. The van der Waals surface area contributed by atoms with Gasteiger partial charge in [-0.15, -0.1) is 0 Å². The summed E-state index contributed by atoms with van der Waals surface area (Å²) in [4.78, 5) is 14.9. The highest BCUT2D eigenvalue weighted by atomic mass is 16.4. The number of hydrogen-bond donors (Lipinski definition) is 0. The predicted octanol–water partition coefficient (Wildman–Crippen LogP) is 1.12. The van der Waals surface area contributed by atoms with Gasteiger partial charge in [0.1, 0.15) is 6.54 Å². The van der Waals surface area contributed by atoms with Crippen molar-refractivity contribution in [2.75, 3.05) is 0 Å². The molecule has 0 aliphatic rings. The van der Waals surface area contributed by atoms with Gasteiger partial charge in [0.15, 0.2) is 11.5 Å². The van der Waals surface area contributed by atoms with Crippen LogP contribution in [0.5, 0.6) is 0 Å². The molecule has 0 aromatic carbocycles. The van der Waals surface area contributed by atoms with Gasteiger partial charge >= 0.3 is 0 Å². The Balaban J connectivity index is 2.14. The normalized spacial score (nSPS) is 10.4. The predicted molar refractivity (Wildman–Crippen MR) is 47.8 cm³/mol. The molecule has 2 aromatic rings. The molecule has 0 fully saturated rings. The maximum Gasteiger partial charge on any atom is 0.216 e. The Kier molecular flexibility index (Phi) is 2.14. The summed E-state index contributed by atoms with van der Waals surface area (Å²) >= 11 is 0. The molecular formula is C9H9N3O2. The Hall–Kier alpha value is -1.91. The van der Waals surface area contributed by atoms with Crippen molar-refractivity contribution in [3.8, 4) is 0 Å². The molecule has 2 rings (SSSR count). The molecule has 5 nitrogen and oxygen atoms in total. The van der Waals surface area contributed by atoms with Crippen LogP contribution in [0.3, 0.4) is 0 Å². The van der Waals surface area contributed by atoms with Gasteiger partial charge in [0.2, 0.25) is 5.89 Å². The quantitative estimate of drug-likeness (QED) is 0.682. The molecule has 0 amide bonds. The van der Waals surface area contributed by atoms with E-state index in [0.29, 0.717) is 12.4 Å². The summed E-state index contributed by atoms with van der Waals surface area (Å²) < 4.78 is 6.87. The van der Waals surface area contributed by atoms with Crippen LogP contribution in [-0.4, -0.2) is 20.5 Å². The Morgan fingerprint density at radius 2 is 2.50 bits per heavy atom. The van der Waals surface area contributed by atoms with E-state index < -0.39 is 0 Å². The SMILES string of the molecule is CC(=O)c1cnc(Cn2cccn2)o1. The number of Topliss-reactive ketones (excluding diaryl/α,β-unsaturated/α-hetero) is 1. The second-order valence-electron chi connectivity index (χ2n) is 2.88. The van der Waals surface area contributed by atoms with Gasteiger partial charge in [-0.2, -0.15) is 5.10 Å². The van der Waals surface area contributed by atoms with Crippen LogP contribution < -0.4 is 0 Å². The molecule has 0 radical (unpaired) electrons. The van der Waals surface area contributed by atoms with Crippen LogP contribution in [0.2, 0.25) is 0 Å². The first-order chi connectivity index (χ1) is 6.75. The fourth-order valence-corrected chi connectivity index (χ4v) is 1.08. The first-order valence-corrected chi connectivity index (χ1v) is 4.19. The smallest absolute Gasteiger partial charge is 0.216 e. The third-order valence-electron chi connectivity index (χ3n) is 1.76. The van der Waals surface area contributed by atoms with Crippen molar-refractivity contribution in [2.24, 2.45) is 0 Å². The number of ketones is 1. The average Bonchev–Trinajstić information content (AvgIpc) is 2.75. The number of carbonyl (C=O) groups excluding carboxylic acids is 1. The number of hydrogen-bond acceptors (Lipinski definition) is 4. The first kappa shape index (κ1) is 8.68. The summed E-state index contributed by atoms with van der Waals surface area (Å²) in [6, 6.07) is 1.81. The van der Waals surface area contributed by atoms with Crippen molar-refractivity contribution < 1.29 is 9.21 Å². The summed E-state index contributed by atoms with van der Waals surface area (Å²) in [6.45, 7) is 1.89. The second kappa shape index (κ2) is 3.45.